The van der Waals surface area contributed by atoms with Gasteiger partial charge in [-0.2, -0.15) is 0 Å². The predicted molar refractivity (Wildman–Crippen MR) is 282 cm³/mol. The van der Waals surface area contributed by atoms with E-state index in [1.165, 1.54) is 42.0 Å². The molecule has 0 bridgehead atoms. The van der Waals surface area contributed by atoms with Crippen molar-refractivity contribution in [2.24, 2.45) is 0 Å². The summed E-state index contributed by atoms with van der Waals surface area (Å²) in [5, 5.41) is 27.2. The van der Waals surface area contributed by atoms with Crippen LogP contribution < -0.4 is 35.4 Å². The average molecular weight is 1030 g/mol. The SMILES string of the molecule is CC(C)(C)OC(=O)N(Cc1ccc2c(c1)OCCO2)C1CCN(CCn2c(=O)ccc3cc([N+](=O)[O-])ccc32)CC1.O=c1ccc2cc([N+](=O)[O-])ccc2n1CCN1CCC(NCc2ccc3c(c2)OCCO3)CC1. The summed E-state index contributed by atoms with van der Waals surface area (Å²) in [4.78, 5) is 66.3. The topological polar surface area (TPSA) is 215 Å². The van der Waals surface area contributed by atoms with Crippen LogP contribution >= 0.6 is 0 Å². The van der Waals surface area contributed by atoms with E-state index in [0.29, 0.717) is 86.4 Å². The summed E-state index contributed by atoms with van der Waals surface area (Å²) in [6, 6.07) is 27.7. The maximum Gasteiger partial charge on any atom is 0.410 e. The molecule has 2 aromatic heterocycles. The van der Waals surface area contributed by atoms with E-state index in [1.807, 2.05) is 56.0 Å². The number of nitro groups is 2. The lowest BCUT2D eigenvalue weighted by molar-refractivity contribution is -0.384. The van der Waals surface area contributed by atoms with Gasteiger partial charge in [0.1, 0.15) is 32.0 Å². The Morgan fingerprint density at radius 1 is 0.613 bits per heavy atom. The average Bonchev–Trinajstić information content (AvgIpc) is 3.41. The van der Waals surface area contributed by atoms with Gasteiger partial charge < -0.3 is 52.8 Å². The lowest BCUT2D eigenvalue weighted by Crippen LogP contribution is -2.49. The Bertz CT molecular complexity index is 3160. The number of hydrogen-bond donors (Lipinski definition) is 1. The second kappa shape index (κ2) is 23.3. The van der Waals surface area contributed by atoms with Crippen molar-refractivity contribution in [2.75, 3.05) is 65.7 Å². The third-order valence-corrected chi connectivity index (χ3v) is 14.0. The number of benzene rings is 4. The molecular formula is C55H64N8O12. The molecule has 75 heavy (non-hydrogen) atoms. The van der Waals surface area contributed by atoms with Crippen molar-refractivity contribution in [3.05, 3.63) is 149 Å². The lowest BCUT2D eigenvalue weighted by atomic mass is 10.0. The van der Waals surface area contributed by atoms with Gasteiger partial charge >= 0.3 is 6.09 Å². The van der Waals surface area contributed by atoms with Crippen LogP contribution in [0.5, 0.6) is 23.0 Å². The van der Waals surface area contributed by atoms with Crippen LogP contribution in [0.2, 0.25) is 0 Å². The normalized spacial score (nSPS) is 16.3. The molecule has 0 radical (unpaired) electrons. The monoisotopic (exact) mass is 1030 g/mol. The van der Waals surface area contributed by atoms with E-state index in [2.05, 4.69) is 21.2 Å². The fourth-order valence-electron chi connectivity index (χ4n) is 10.1. The molecule has 0 saturated carbocycles. The first-order chi connectivity index (χ1) is 36.1. The van der Waals surface area contributed by atoms with Gasteiger partial charge in [0.2, 0.25) is 0 Å². The van der Waals surface area contributed by atoms with E-state index in [-0.39, 0.29) is 34.6 Å². The van der Waals surface area contributed by atoms with Crippen molar-refractivity contribution >= 4 is 39.3 Å². The molecule has 10 rings (SSSR count). The van der Waals surface area contributed by atoms with Crippen molar-refractivity contribution in [1.29, 1.82) is 0 Å². The molecule has 20 nitrogen and oxygen atoms in total. The highest BCUT2D eigenvalue weighted by Gasteiger charge is 2.32. The highest BCUT2D eigenvalue weighted by molar-refractivity contribution is 5.82. The van der Waals surface area contributed by atoms with E-state index >= 15 is 0 Å². The molecule has 20 heteroatoms. The van der Waals surface area contributed by atoms with Gasteiger partial charge in [-0.1, -0.05) is 12.1 Å². The molecule has 6 aromatic rings. The molecule has 2 saturated heterocycles. The summed E-state index contributed by atoms with van der Waals surface area (Å²) in [5.74, 6) is 3.03. The molecule has 4 aliphatic heterocycles. The number of aromatic nitrogens is 2. The number of non-ortho nitro benzene ring substituents is 2. The van der Waals surface area contributed by atoms with Gasteiger partial charge in [-0.3, -0.25) is 29.8 Å². The molecule has 1 N–H and O–H groups in total. The van der Waals surface area contributed by atoms with Crippen LogP contribution in [0.4, 0.5) is 16.2 Å². The number of amides is 1. The smallest absolute Gasteiger partial charge is 0.410 e. The number of pyridine rings is 2. The molecule has 396 valence electrons. The summed E-state index contributed by atoms with van der Waals surface area (Å²) < 4.78 is 31.8. The number of fused-ring (bicyclic) bond motifs is 4. The molecule has 2 fully saturated rings. The van der Waals surface area contributed by atoms with Crippen LogP contribution in [-0.2, 0) is 30.9 Å². The first kappa shape index (κ1) is 52.3. The van der Waals surface area contributed by atoms with Crippen molar-refractivity contribution in [2.45, 2.75) is 90.3 Å². The van der Waals surface area contributed by atoms with Crippen molar-refractivity contribution in [3.8, 4) is 23.0 Å². The van der Waals surface area contributed by atoms with Crippen LogP contribution in [0.1, 0.15) is 57.6 Å². The Morgan fingerprint density at radius 2 is 1.08 bits per heavy atom. The van der Waals surface area contributed by atoms with E-state index in [1.54, 1.807) is 33.4 Å². The molecule has 0 spiro atoms. The van der Waals surface area contributed by atoms with Crippen molar-refractivity contribution in [3.63, 3.8) is 0 Å². The maximum absolute atomic E-state index is 13.3. The van der Waals surface area contributed by atoms with E-state index < -0.39 is 15.4 Å². The number of ether oxygens (including phenoxy) is 5. The quantitative estimate of drug-likeness (QED) is 0.0825. The summed E-state index contributed by atoms with van der Waals surface area (Å²) in [7, 11) is 0. The highest BCUT2D eigenvalue weighted by Crippen LogP contribution is 2.33. The molecule has 0 aliphatic carbocycles. The minimum Gasteiger partial charge on any atom is -0.486 e. The first-order valence-corrected chi connectivity index (χ1v) is 25.6. The number of carbonyl (C=O) groups is 1. The minimum atomic E-state index is -0.616. The van der Waals surface area contributed by atoms with Gasteiger partial charge in [0.15, 0.2) is 23.0 Å². The number of rotatable bonds is 14. The Labute approximate surface area is 433 Å². The first-order valence-electron chi connectivity index (χ1n) is 25.6. The van der Waals surface area contributed by atoms with Gasteiger partial charge in [-0.15, -0.1) is 0 Å². The highest BCUT2D eigenvalue weighted by atomic mass is 16.6. The van der Waals surface area contributed by atoms with Gasteiger partial charge in [0.05, 0.1) is 20.9 Å². The number of nitro benzene ring substituents is 2. The Hall–Kier alpha value is -7.55. The third-order valence-electron chi connectivity index (χ3n) is 14.0. The summed E-state index contributed by atoms with van der Waals surface area (Å²) in [6.45, 7) is 14.9. The van der Waals surface area contributed by atoms with Crippen LogP contribution in [0, 0.1) is 20.2 Å². The van der Waals surface area contributed by atoms with Gasteiger partial charge in [0, 0.05) is 112 Å². The van der Waals surface area contributed by atoms with Crippen molar-refractivity contribution < 1.29 is 38.3 Å². The molecule has 1 amide bonds. The molecule has 0 atom stereocenters. The Kier molecular flexibility index (Phi) is 16.3. The zero-order chi connectivity index (χ0) is 52.6. The third kappa shape index (κ3) is 13.2. The maximum atomic E-state index is 13.3. The largest absolute Gasteiger partial charge is 0.486 e. The molecule has 4 aromatic carbocycles. The molecule has 4 aliphatic rings. The number of piperidine rings is 2. The van der Waals surface area contributed by atoms with E-state index in [9.17, 15) is 34.6 Å². The Balaban J connectivity index is 0.000000187. The van der Waals surface area contributed by atoms with Crippen LogP contribution in [0.15, 0.2) is 107 Å². The minimum absolute atomic E-state index is 0.00411. The molecular weight excluding hydrogens is 965 g/mol. The zero-order valence-electron chi connectivity index (χ0n) is 42.6. The van der Waals surface area contributed by atoms with Gasteiger partial charge in [0.25, 0.3) is 22.5 Å². The fraction of sp³-hybridized carbons (Fsp3) is 0.436. The second-order valence-electron chi connectivity index (χ2n) is 20.3. The van der Waals surface area contributed by atoms with Gasteiger partial charge in [-0.05, 0) is 119 Å². The van der Waals surface area contributed by atoms with Crippen LogP contribution in [-0.4, -0.2) is 123 Å². The predicted octanol–water partition coefficient (Wildman–Crippen LogP) is 7.52. The summed E-state index contributed by atoms with van der Waals surface area (Å²) in [5.41, 5.74) is 2.71. The number of carbonyl (C=O) groups excluding carboxylic acids is 1. The second-order valence-corrected chi connectivity index (χ2v) is 20.3. The van der Waals surface area contributed by atoms with Crippen LogP contribution in [0.25, 0.3) is 21.8 Å². The number of hydrogen-bond acceptors (Lipinski definition) is 15. The van der Waals surface area contributed by atoms with E-state index in [0.717, 1.165) is 87.5 Å². The molecule has 0 unspecified atom stereocenters. The van der Waals surface area contributed by atoms with Crippen molar-refractivity contribution in [1.82, 2.24) is 29.2 Å². The van der Waals surface area contributed by atoms with Crippen LogP contribution in [0.3, 0.4) is 0 Å². The molecule has 6 heterocycles. The number of likely N-dealkylation sites (tertiary alicyclic amines) is 2. The standard InChI is InChI=1S/C30H36N4O7.C25H28N4O5/c1-30(2,3)41-29(36)33(20-21-4-8-26-27(18-21)40-17-16-39-26)23-10-12-31(13-11-23)14-15-32-25-7-6-24(34(37)38)19-22(25)5-9-28(32)35;30-25-6-2-19-16-21(29(31)32)3-4-22(19)28(25)12-11-27-9-7-20(8-10-27)26-17-18-1-5-23-24(15-18)34-14-13-33-23/h4-9,18-19,23H,10-17,20H2,1-3H3;1-6,15-16,20,26H,7-14,17H2. The number of nitrogens with zero attached hydrogens (tertiary/aromatic N) is 7. The Morgan fingerprint density at radius 3 is 1.57 bits per heavy atom. The van der Waals surface area contributed by atoms with Gasteiger partial charge in [-0.25, -0.2) is 4.79 Å². The summed E-state index contributed by atoms with van der Waals surface area (Å²) in [6.07, 6.45) is 3.27. The number of nitrogens with one attached hydrogen (secondary N) is 1. The fourth-order valence-corrected chi connectivity index (χ4v) is 10.1. The summed E-state index contributed by atoms with van der Waals surface area (Å²) >= 11 is 0. The lowest BCUT2D eigenvalue weighted by Gasteiger charge is -2.39. The zero-order valence-corrected chi connectivity index (χ0v) is 42.6. The van der Waals surface area contributed by atoms with E-state index in [4.69, 9.17) is 23.7 Å².